The van der Waals surface area contributed by atoms with Crippen LogP contribution in [0.1, 0.15) is 11.1 Å². The van der Waals surface area contributed by atoms with Gasteiger partial charge in [-0.25, -0.2) is 0 Å². The third-order valence-electron chi connectivity index (χ3n) is 3.30. The standard InChI is InChI=1S/C15H14BrN5/c1-9-7-13(8-10(2)14(9)16)21-15(18-19-20-21)11-3-5-12(17)6-4-11/h3-8H,17H2,1-2H3. The second kappa shape index (κ2) is 5.29. The van der Waals surface area contributed by atoms with E-state index in [2.05, 4.69) is 31.5 Å². The molecule has 0 spiro atoms. The summed E-state index contributed by atoms with van der Waals surface area (Å²) in [4.78, 5) is 0. The molecule has 0 fully saturated rings. The predicted molar refractivity (Wildman–Crippen MR) is 86.2 cm³/mol. The first kappa shape index (κ1) is 13.8. The summed E-state index contributed by atoms with van der Waals surface area (Å²) in [6.45, 7) is 4.10. The van der Waals surface area contributed by atoms with E-state index in [1.165, 1.54) is 0 Å². The van der Waals surface area contributed by atoms with Crippen molar-refractivity contribution in [1.82, 2.24) is 20.2 Å². The highest BCUT2D eigenvalue weighted by atomic mass is 79.9. The van der Waals surface area contributed by atoms with Crippen LogP contribution >= 0.6 is 15.9 Å². The highest BCUT2D eigenvalue weighted by molar-refractivity contribution is 9.10. The molecule has 3 rings (SSSR count). The first-order valence-electron chi connectivity index (χ1n) is 6.47. The molecular formula is C15H14BrN5. The number of halogens is 1. The Kier molecular flexibility index (Phi) is 3.47. The van der Waals surface area contributed by atoms with Crippen LogP contribution in [0.25, 0.3) is 17.1 Å². The number of rotatable bonds is 2. The summed E-state index contributed by atoms with van der Waals surface area (Å²) in [7, 11) is 0. The van der Waals surface area contributed by atoms with Gasteiger partial charge in [-0.2, -0.15) is 4.68 Å². The average Bonchev–Trinajstić information content (AvgIpc) is 2.94. The lowest BCUT2D eigenvalue weighted by atomic mass is 10.1. The van der Waals surface area contributed by atoms with E-state index in [0.717, 1.165) is 26.9 Å². The third-order valence-corrected chi connectivity index (χ3v) is 4.56. The Labute approximate surface area is 130 Å². The number of nitrogen functional groups attached to an aromatic ring is 1. The number of hydrogen-bond acceptors (Lipinski definition) is 4. The molecule has 6 heteroatoms. The molecule has 0 radical (unpaired) electrons. The van der Waals surface area contributed by atoms with Gasteiger partial charge in [0.1, 0.15) is 0 Å². The van der Waals surface area contributed by atoms with E-state index >= 15 is 0 Å². The molecule has 2 N–H and O–H groups in total. The highest BCUT2D eigenvalue weighted by Crippen LogP contribution is 2.26. The Bertz CT molecular complexity index is 769. The van der Waals surface area contributed by atoms with E-state index in [1.54, 1.807) is 4.68 Å². The van der Waals surface area contributed by atoms with Crippen molar-refractivity contribution in [2.24, 2.45) is 0 Å². The van der Waals surface area contributed by atoms with E-state index in [-0.39, 0.29) is 0 Å². The van der Waals surface area contributed by atoms with Gasteiger partial charge in [0.15, 0.2) is 5.82 Å². The largest absolute Gasteiger partial charge is 0.399 e. The first-order valence-corrected chi connectivity index (χ1v) is 7.27. The van der Waals surface area contributed by atoms with Gasteiger partial charge in [-0.05, 0) is 71.8 Å². The molecule has 0 aliphatic carbocycles. The van der Waals surface area contributed by atoms with Crippen LogP contribution in [0, 0.1) is 13.8 Å². The van der Waals surface area contributed by atoms with Crippen molar-refractivity contribution < 1.29 is 0 Å². The highest BCUT2D eigenvalue weighted by Gasteiger charge is 2.12. The van der Waals surface area contributed by atoms with Crippen molar-refractivity contribution in [3.05, 3.63) is 52.0 Å². The van der Waals surface area contributed by atoms with Gasteiger partial charge in [0.05, 0.1) is 5.69 Å². The van der Waals surface area contributed by atoms with Crippen LogP contribution in [0.5, 0.6) is 0 Å². The number of aromatic nitrogens is 4. The van der Waals surface area contributed by atoms with Gasteiger partial charge in [-0.15, -0.1) is 5.10 Å². The van der Waals surface area contributed by atoms with Crippen LogP contribution in [0.2, 0.25) is 0 Å². The van der Waals surface area contributed by atoms with Gasteiger partial charge in [0.2, 0.25) is 0 Å². The molecule has 0 bridgehead atoms. The van der Waals surface area contributed by atoms with Gasteiger partial charge in [0, 0.05) is 15.7 Å². The molecule has 0 saturated heterocycles. The SMILES string of the molecule is Cc1cc(-n2nnnc2-c2ccc(N)cc2)cc(C)c1Br. The van der Waals surface area contributed by atoms with E-state index in [9.17, 15) is 0 Å². The van der Waals surface area contributed by atoms with Crippen molar-refractivity contribution in [1.29, 1.82) is 0 Å². The van der Waals surface area contributed by atoms with Gasteiger partial charge in [0.25, 0.3) is 0 Å². The number of nitrogens with two attached hydrogens (primary N) is 1. The molecule has 106 valence electrons. The van der Waals surface area contributed by atoms with E-state index in [4.69, 9.17) is 5.73 Å². The lowest BCUT2D eigenvalue weighted by Crippen LogP contribution is -2.01. The minimum Gasteiger partial charge on any atom is -0.399 e. The summed E-state index contributed by atoms with van der Waals surface area (Å²) in [5.41, 5.74) is 10.6. The predicted octanol–water partition coefficient (Wildman–Crippen LogP) is 3.29. The average molecular weight is 344 g/mol. The molecule has 0 aliphatic heterocycles. The molecule has 0 unspecified atom stereocenters. The van der Waals surface area contributed by atoms with E-state index < -0.39 is 0 Å². The Hall–Kier alpha value is -2.21. The van der Waals surface area contributed by atoms with Crippen LogP contribution in [-0.4, -0.2) is 20.2 Å². The van der Waals surface area contributed by atoms with Crippen molar-refractivity contribution in [3.8, 4) is 17.1 Å². The first-order chi connectivity index (χ1) is 10.1. The number of hydrogen-bond donors (Lipinski definition) is 1. The minimum atomic E-state index is 0.691. The molecule has 0 saturated carbocycles. The fourth-order valence-electron chi connectivity index (χ4n) is 2.22. The molecule has 1 aromatic heterocycles. The van der Waals surface area contributed by atoms with Crippen molar-refractivity contribution in [3.63, 3.8) is 0 Å². The summed E-state index contributed by atoms with van der Waals surface area (Å²) in [6, 6.07) is 11.6. The van der Waals surface area contributed by atoms with Crippen LogP contribution in [-0.2, 0) is 0 Å². The number of nitrogens with zero attached hydrogens (tertiary/aromatic N) is 4. The second-order valence-corrected chi connectivity index (χ2v) is 5.72. The number of anilines is 1. The monoisotopic (exact) mass is 343 g/mol. The van der Waals surface area contributed by atoms with E-state index in [1.807, 2.05) is 50.2 Å². The van der Waals surface area contributed by atoms with Crippen LogP contribution in [0.4, 0.5) is 5.69 Å². The maximum atomic E-state index is 5.72. The molecule has 0 atom stereocenters. The van der Waals surface area contributed by atoms with Crippen LogP contribution in [0.15, 0.2) is 40.9 Å². The lowest BCUT2D eigenvalue weighted by Gasteiger charge is -2.09. The maximum absolute atomic E-state index is 5.72. The van der Waals surface area contributed by atoms with Gasteiger partial charge < -0.3 is 5.73 Å². The zero-order valence-corrected chi connectivity index (χ0v) is 13.3. The molecule has 0 amide bonds. The summed E-state index contributed by atoms with van der Waals surface area (Å²) in [5.74, 6) is 0.691. The van der Waals surface area contributed by atoms with Crippen LogP contribution in [0.3, 0.4) is 0 Å². The molecule has 1 heterocycles. The molecular weight excluding hydrogens is 330 g/mol. The van der Waals surface area contributed by atoms with Crippen molar-refractivity contribution >= 4 is 21.6 Å². The zero-order valence-electron chi connectivity index (χ0n) is 11.7. The zero-order chi connectivity index (χ0) is 15.0. The quantitative estimate of drug-likeness (QED) is 0.725. The molecule has 5 nitrogen and oxygen atoms in total. The number of tetrazole rings is 1. The second-order valence-electron chi connectivity index (χ2n) is 4.93. The van der Waals surface area contributed by atoms with Crippen LogP contribution < -0.4 is 5.73 Å². The van der Waals surface area contributed by atoms with Gasteiger partial charge >= 0.3 is 0 Å². The lowest BCUT2D eigenvalue weighted by molar-refractivity contribution is 0.790. The third kappa shape index (κ3) is 2.54. The maximum Gasteiger partial charge on any atom is 0.187 e. The Balaban J connectivity index is 2.13. The summed E-state index contributed by atoms with van der Waals surface area (Å²) < 4.78 is 2.84. The molecule has 21 heavy (non-hydrogen) atoms. The van der Waals surface area contributed by atoms with Crippen molar-refractivity contribution in [2.75, 3.05) is 5.73 Å². The molecule has 2 aromatic carbocycles. The smallest absolute Gasteiger partial charge is 0.187 e. The normalized spacial score (nSPS) is 10.8. The fourth-order valence-corrected chi connectivity index (χ4v) is 2.45. The number of benzene rings is 2. The van der Waals surface area contributed by atoms with Gasteiger partial charge in [-0.3, -0.25) is 0 Å². The topological polar surface area (TPSA) is 69.6 Å². The molecule has 0 aliphatic rings. The summed E-state index contributed by atoms with van der Waals surface area (Å²) in [6.07, 6.45) is 0. The molecule has 3 aromatic rings. The van der Waals surface area contributed by atoms with E-state index in [0.29, 0.717) is 11.5 Å². The Morgan fingerprint density at radius 1 is 1.05 bits per heavy atom. The van der Waals surface area contributed by atoms with Gasteiger partial charge in [-0.1, -0.05) is 15.9 Å². The Morgan fingerprint density at radius 2 is 1.67 bits per heavy atom. The summed E-state index contributed by atoms with van der Waals surface area (Å²) in [5, 5.41) is 12.0. The summed E-state index contributed by atoms with van der Waals surface area (Å²) >= 11 is 3.57. The Morgan fingerprint density at radius 3 is 2.29 bits per heavy atom. The van der Waals surface area contributed by atoms with Crippen molar-refractivity contribution in [2.45, 2.75) is 13.8 Å². The minimum absolute atomic E-state index is 0.691. The number of aryl methyl sites for hydroxylation is 2. The fraction of sp³-hybridized carbons (Fsp3) is 0.133.